The zero-order chi connectivity index (χ0) is 11.4. The first-order chi connectivity index (χ1) is 7.81. The van der Waals surface area contributed by atoms with Crippen molar-refractivity contribution in [3.8, 4) is 0 Å². The second-order valence-corrected chi connectivity index (χ2v) is 4.21. The summed E-state index contributed by atoms with van der Waals surface area (Å²) in [6, 6.07) is 7.71. The van der Waals surface area contributed by atoms with Crippen LogP contribution in [0.4, 0.5) is 0 Å². The Morgan fingerprint density at radius 1 is 1.47 bits per heavy atom. The van der Waals surface area contributed by atoms with Crippen molar-refractivity contribution in [2.24, 2.45) is 5.92 Å². The number of carbonyl (C=O) groups is 1. The van der Waals surface area contributed by atoms with Gasteiger partial charge < -0.3 is 10.1 Å². The van der Waals surface area contributed by atoms with Crippen molar-refractivity contribution < 1.29 is 9.53 Å². The van der Waals surface area contributed by atoms with Gasteiger partial charge in [-0.1, -0.05) is 18.2 Å². The fourth-order valence-corrected chi connectivity index (χ4v) is 2.21. The molecule has 1 aromatic carbocycles. The van der Waals surface area contributed by atoms with Crippen molar-refractivity contribution in [2.45, 2.75) is 12.8 Å². The number of hydrogen-bond donors (Lipinski definition) is 1. The number of benzene rings is 1. The van der Waals surface area contributed by atoms with Gasteiger partial charge in [0.2, 0.25) is 0 Å². The zero-order valence-electron chi connectivity index (χ0n) is 9.94. The van der Waals surface area contributed by atoms with Gasteiger partial charge in [0.15, 0.2) is 0 Å². The summed E-state index contributed by atoms with van der Waals surface area (Å²) in [5, 5.41) is 3.34. The van der Waals surface area contributed by atoms with Crippen molar-refractivity contribution in [3.05, 3.63) is 35.4 Å². The van der Waals surface area contributed by atoms with Crippen LogP contribution < -0.4 is 5.32 Å². The lowest BCUT2D eigenvalue weighted by molar-refractivity contribution is 0.0599. The Labute approximate surface area is 108 Å². The summed E-state index contributed by atoms with van der Waals surface area (Å²) < 4.78 is 4.79. The minimum Gasteiger partial charge on any atom is -0.465 e. The Morgan fingerprint density at radius 3 is 2.88 bits per heavy atom. The van der Waals surface area contributed by atoms with Gasteiger partial charge in [0.25, 0.3) is 0 Å². The van der Waals surface area contributed by atoms with Gasteiger partial charge in [-0.2, -0.15) is 0 Å². The van der Waals surface area contributed by atoms with Crippen molar-refractivity contribution in [1.82, 2.24) is 5.32 Å². The van der Waals surface area contributed by atoms with E-state index in [-0.39, 0.29) is 18.4 Å². The van der Waals surface area contributed by atoms with E-state index in [9.17, 15) is 4.79 Å². The van der Waals surface area contributed by atoms with Gasteiger partial charge in [-0.3, -0.25) is 0 Å². The first kappa shape index (κ1) is 14.0. The molecular weight excluding hydrogens is 238 g/mol. The van der Waals surface area contributed by atoms with Crippen LogP contribution in [0.1, 0.15) is 22.3 Å². The molecular formula is C13H18ClNO2. The molecule has 1 atom stereocenters. The maximum absolute atomic E-state index is 11.6. The smallest absolute Gasteiger partial charge is 0.338 e. The number of esters is 1. The molecule has 4 heteroatoms. The molecule has 0 amide bonds. The minimum atomic E-state index is -0.235. The van der Waals surface area contributed by atoms with Crippen LogP contribution in [0, 0.1) is 5.92 Å². The number of ether oxygens (including phenoxy) is 1. The van der Waals surface area contributed by atoms with Gasteiger partial charge in [0.1, 0.15) is 0 Å². The lowest BCUT2D eigenvalue weighted by Crippen LogP contribution is -2.13. The molecule has 1 aliphatic rings. The first-order valence-corrected chi connectivity index (χ1v) is 5.68. The van der Waals surface area contributed by atoms with E-state index in [1.807, 2.05) is 24.3 Å². The predicted molar refractivity (Wildman–Crippen MR) is 69.7 cm³/mol. The van der Waals surface area contributed by atoms with Gasteiger partial charge in [0.05, 0.1) is 12.7 Å². The van der Waals surface area contributed by atoms with E-state index in [0.29, 0.717) is 11.5 Å². The van der Waals surface area contributed by atoms with Gasteiger partial charge >= 0.3 is 5.97 Å². The average Bonchev–Trinajstić information content (AvgIpc) is 2.82. The van der Waals surface area contributed by atoms with Crippen molar-refractivity contribution in [1.29, 1.82) is 0 Å². The molecule has 0 saturated carbocycles. The van der Waals surface area contributed by atoms with E-state index in [1.165, 1.54) is 13.5 Å². The van der Waals surface area contributed by atoms with Gasteiger partial charge in [-0.15, -0.1) is 12.4 Å². The minimum absolute atomic E-state index is 0. The number of nitrogens with one attached hydrogen (secondary N) is 1. The highest BCUT2D eigenvalue weighted by atomic mass is 35.5. The van der Waals surface area contributed by atoms with Crippen LogP contribution >= 0.6 is 12.4 Å². The summed E-state index contributed by atoms with van der Waals surface area (Å²) in [6.07, 6.45) is 2.15. The quantitative estimate of drug-likeness (QED) is 0.841. The molecule has 0 bridgehead atoms. The third kappa shape index (κ3) is 3.45. The maximum Gasteiger partial charge on any atom is 0.338 e. The third-order valence-electron chi connectivity index (χ3n) is 3.09. The topological polar surface area (TPSA) is 38.3 Å². The lowest BCUT2D eigenvalue weighted by atomic mass is 9.95. The highest BCUT2D eigenvalue weighted by Crippen LogP contribution is 2.18. The molecule has 3 nitrogen and oxygen atoms in total. The van der Waals surface area contributed by atoms with E-state index in [0.717, 1.165) is 25.1 Å². The molecule has 0 radical (unpaired) electrons. The Bertz CT molecular complexity index is 375. The molecule has 1 saturated heterocycles. The van der Waals surface area contributed by atoms with Gasteiger partial charge in [0, 0.05) is 0 Å². The predicted octanol–water partition coefficient (Wildman–Crippen LogP) is 2.05. The van der Waals surface area contributed by atoms with Crippen LogP contribution in [0.3, 0.4) is 0 Å². The summed E-state index contributed by atoms with van der Waals surface area (Å²) in [4.78, 5) is 11.6. The Morgan fingerprint density at radius 2 is 2.24 bits per heavy atom. The van der Waals surface area contributed by atoms with Crippen molar-refractivity contribution >= 4 is 18.4 Å². The van der Waals surface area contributed by atoms with Crippen molar-refractivity contribution in [3.63, 3.8) is 0 Å². The standard InChI is InChI=1S/C13H17NO2.ClH/c1-16-13(15)12-5-3-2-4-11(12)8-10-6-7-14-9-10;/h2-5,10,14H,6-9H2,1H3;1H. The Balaban J connectivity index is 0.00000144. The molecule has 1 aliphatic heterocycles. The van der Waals surface area contributed by atoms with Crippen LogP contribution in [0.2, 0.25) is 0 Å². The van der Waals surface area contributed by atoms with Crippen molar-refractivity contribution in [2.75, 3.05) is 20.2 Å². The second kappa shape index (κ2) is 6.62. The van der Waals surface area contributed by atoms with Crippen LogP contribution in [0.15, 0.2) is 24.3 Å². The summed E-state index contributed by atoms with van der Waals surface area (Å²) in [6.45, 7) is 2.14. The highest BCUT2D eigenvalue weighted by molar-refractivity contribution is 5.90. The molecule has 0 aliphatic carbocycles. The SMILES string of the molecule is COC(=O)c1ccccc1CC1CCNC1.Cl. The average molecular weight is 256 g/mol. The fraction of sp³-hybridized carbons (Fsp3) is 0.462. The first-order valence-electron chi connectivity index (χ1n) is 5.68. The highest BCUT2D eigenvalue weighted by Gasteiger charge is 2.18. The molecule has 1 heterocycles. The summed E-state index contributed by atoms with van der Waals surface area (Å²) in [5.74, 6) is 0.410. The molecule has 94 valence electrons. The monoisotopic (exact) mass is 255 g/mol. The van der Waals surface area contributed by atoms with Crippen LogP contribution in [0.25, 0.3) is 0 Å². The molecule has 0 aromatic heterocycles. The maximum atomic E-state index is 11.6. The summed E-state index contributed by atoms with van der Waals surface area (Å²) in [5.41, 5.74) is 1.81. The van der Waals surface area contributed by atoms with E-state index < -0.39 is 0 Å². The van der Waals surface area contributed by atoms with E-state index in [1.54, 1.807) is 0 Å². The molecule has 1 fully saturated rings. The molecule has 17 heavy (non-hydrogen) atoms. The Kier molecular flexibility index (Phi) is 5.45. The number of hydrogen-bond acceptors (Lipinski definition) is 3. The Hall–Kier alpha value is -1.06. The number of carbonyl (C=O) groups excluding carboxylic acids is 1. The second-order valence-electron chi connectivity index (χ2n) is 4.21. The van der Waals surface area contributed by atoms with Gasteiger partial charge in [-0.25, -0.2) is 4.79 Å². The lowest BCUT2D eigenvalue weighted by Gasteiger charge is -2.11. The molecule has 0 spiro atoms. The van der Waals surface area contributed by atoms with Crippen LogP contribution in [-0.2, 0) is 11.2 Å². The van der Waals surface area contributed by atoms with E-state index >= 15 is 0 Å². The van der Waals surface area contributed by atoms with E-state index in [4.69, 9.17) is 4.74 Å². The zero-order valence-corrected chi connectivity index (χ0v) is 10.8. The number of halogens is 1. The third-order valence-corrected chi connectivity index (χ3v) is 3.09. The van der Waals surface area contributed by atoms with E-state index in [2.05, 4.69) is 5.32 Å². The molecule has 1 N–H and O–H groups in total. The van der Waals surface area contributed by atoms with Crippen LogP contribution in [-0.4, -0.2) is 26.2 Å². The molecule has 2 rings (SSSR count). The fourth-order valence-electron chi connectivity index (χ4n) is 2.21. The molecule has 1 aromatic rings. The van der Waals surface area contributed by atoms with Crippen LogP contribution in [0.5, 0.6) is 0 Å². The number of rotatable bonds is 3. The number of methoxy groups -OCH3 is 1. The molecule has 1 unspecified atom stereocenters. The summed E-state index contributed by atoms with van der Waals surface area (Å²) in [7, 11) is 1.43. The normalized spacial score (nSPS) is 18.5. The largest absolute Gasteiger partial charge is 0.465 e. The summed E-state index contributed by atoms with van der Waals surface area (Å²) >= 11 is 0. The van der Waals surface area contributed by atoms with Gasteiger partial charge in [-0.05, 0) is 43.5 Å².